The Morgan fingerprint density at radius 3 is 2.10 bits per heavy atom. The molecule has 0 unspecified atom stereocenters. The number of ether oxygens (including phenoxy) is 1. The van der Waals surface area contributed by atoms with Gasteiger partial charge in [-0.2, -0.15) is 0 Å². The van der Waals surface area contributed by atoms with Crippen molar-refractivity contribution in [1.82, 2.24) is 9.80 Å². The number of rotatable bonds is 5. The van der Waals surface area contributed by atoms with Gasteiger partial charge >= 0.3 is 0 Å². The zero-order chi connectivity index (χ0) is 16.7. The lowest BCUT2D eigenvalue weighted by molar-refractivity contribution is 0.183. The molecule has 4 nitrogen and oxygen atoms in total. The molecule has 124 valence electrons. The first-order chi connectivity index (χ1) is 10.2. The fourth-order valence-corrected chi connectivity index (χ4v) is 1.96. The summed E-state index contributed by atoms with van der Waals surface area (Å²) < 4.78 is 4.99. The van der Waals surface area contributed by atoms with Gasteiger partial charge in [0.1, 0.15) is 0 Å². The van der Waals surface area contributed by atoms with Gasteiger partial charge in [-0.1, -0.05) is 20.8 Å². The van der Waals surface area contributed by atoms with Gasteiger partial charge in [-0.05, 0) is 25.6 Å². The molecule has 4 heteroatoms. The van der Waals surface area contributed by atoms with Crippen LogP contribution in [0.25, 0.3) is 0 Å². The lowest BCUT2D eigenvalue weighted by Crippen LogP contribution is -2.43. The Morgan fingerprint density at radius 2 is 1.67 bits per heavy atom. The highest BCUT2D eigenvalue weighted by molar-refractivity contribution is 5.16. The highest BCUT2D eigenvalue weighted by Crippen LogP contribution is 2.12. The van der Waals surface area contributed by atoms with Crippen LogP contribution in [0.3, 0.4) is 0 Å². The van der Waals surface area contributed by atoms with Crippen molar-refractivity contribution in [2.45, 2.75) is 27.2 Å². The topological polar surface area (TPSA) is 41.7 Å². The number of nitrogens with two attached hydrogens (primary N) is 1. The smallest absolute Gasteiger partial charge is 0.0856 e. The average Bonchev–Trinajstić information content (AvgIpc) is 2.54. The zero-order valence-electron chi connectivity index (χ0n) is 14.7. The second kappa shape index (κ2) is 15.1. The van der Waals surface area contributed by atoms with E-state index in [2.05, 4.69) is 43.0 Å². The minimum atomic E-state index is 0.496. The van der Waals surface area contributed by atoms with Gasteiger partial charge in [0, 0.05) is 44.7 Å². The molecule has 1 aliphatic heterocycles. The summed E-state index contributed by atoms with van der Waals surface area (Å²) in [6, 6.07) is 0. The third-order valence-electron chi connectivity index (χ3n) is 3.07. The van der Waals surface area contributed by atoms with E-state index in [0.717, 1.165) is 38.3 Å². The molecule has 0 aromatic carbocycles. The summed E-state index contributed by atoms with van der Waals surface area (Å²) in [7, 11) is 3.83. The van der Waals surface area contributed by atoms with Gasteiger partial charge in [0.2, 0.25) is 0 Å². The SMILES string of the molecule is C=C.CC.CC/C(=C\C=C(\N)COC)N1CCN(C)CC1. The third kappa shape index (κ3) is 10.2. The van der Waals surface area contributed by atoms with Crippen LogP contribution in [0.15, 0.2) is 36.7 Å². The molecule has 1 saturated heterocycles. The van der Waals surface area contributed by atoms with E-state index in [1.807, 2.05) is 19.9 Å². The normalized spacial score (nSPS) is 16.5. The first-order valence-electron chi connectivity index (χ1n) is 7.75. The molecule has 1 heterocycles. The molecule has 2 N–H and O–H groups in total. The van der Waals surface area contributed by atoms with Crippen LogP contribution in [0.2, 0.25) is 0 Å². The molecule has 1 aliphatic rings. The van der Waals surface area contributed by atoms with Crippen molar-refractivity contribution in [3.8, 4) is 0 Å². The molecule has 0 aromatic heterocycles. The molecule has 0 saturated carbocycles. The third-order valence-corrected chi connectivity index (χ3v) is 3.07. The van der Waals surface area contributed by atoms with Gasteiger partial charge in [0.05, 0.1) is 6.61 Å². The van der Waals surface area contributed by atoms with Crippen LogP contribution in [0, 0.1) is 0 Å². The summed E-state index contributed by atoms with van der Waals surface area (Å²) in [6.07, 6.45) is 5.13. The number of nitrogens with zero attached hydrogens (tertiary/aromatic N) is 2. The van der Waals surface area contributed by atoms with Crippen LogP contribution in [0.4, 0.5) is 0 Å². The van der Waals surface area contributed by atoms with Crippen LogP contribution >= 0.6 is 0 Å². The first-order valence-corrected chi connectivity index (χ1v) is 7.75. The van der Waals surface area contributed by atoms with Crippen LogP contribution in [0.5, 0.6) is 0 Å². The van der Waals surface area contributed by atoms with Crippen molar-refractivity contribution in [1.29, 1.82) is 0 Å². The van der Waals surface area contributed by atoms with Gasteiger partial charge in [0.25, 0.3) is 0 Å². The van der Waals surface area contributed by atoms with Crippen LogP contribution in [0.1, 0.15) is 27.2 Å². The lowest BCUT2D eigenvalue weighted by atomic mass is 10.2. The molecule has 1 fully saturated rings. The molecule has 0 aromatic rings. The van der Waals surface area contributed by atoms with E-state index in [9.17, 15) is 0 Å². The van der Waals surface area contributed by atoms with Gasteiger partial charge in [-0.15, -0.1) is 13.2 Å². The monoisotopic (exact) mass is 297 g/mol. The van der Waals surface area contributed by atoms with Crippen molar-refractivity contribution in [2.24, 2.45) is 5.73 Å². The summed E-state index contributed by atoms with van der Waals surface area (Å²) in [6.45, 7) is 17.2. The predicted molar refractivity (Wildman–Crippen MR) is 94.2 cm³/mol. The maximum atomic E-state index is 5.80. The maximum Gasteiger partial charge on any atom is 0.0856 e. The summed E-state index contributed by atoms with van der Waals surface area (Å²) >= 11 is 0. The van der Waals surface area contributed by atoms with Crippen molar-refractivity contribution in [2.75, 3.05) is 46.9 Å². The number of hydrogen-bond donors (Lipinski definition) is 1. The standard InChI is InChI=1S/C13H25N3O.C2H6.C2H4/c1-4-13(6-5-12(14)11-17-3)16-9-7-15(2)8-10-16;2*1-2/h5-6H,4,7-11,14H2,1-3H3;1-2H3;1-2H2/b12-5+,13-6+;;. The van der Waals surface area contributed by atoms with Crippen LogP contribution in [-0.2, 0) is 4.74 Å². The number of methoxy groups -OCH3 is 1. The van der Waals surface area contributed by atoms with Gasteiger partial charge in [0.15, 0.2) is 0 Å². The van der Waals surface area contributed by atoms with E-state index in [-0.39, 0.29) is 0 Å². The van der Waals surface area contributed by atoms with E-state index in [0.29, 0.717) is 6.61 Å². The molecule has 0 atom stereocenters. The Bertz CT molecular complexity index is 292. The predicted octanol–water partition coefficient (Wildman–Crippen LogP) is 2.85. The largest absolute Gasteiger partial charge is 0.400 e. The molecular formula is C17H35N3O. The maximum absolute atomic E-state index is 5.80. The summed E-state index contributed by atoms with van der Waals surface area (Å²) in [5.41, 5.74) is 7.93. The van der Waals surface area contributed by atoms with E-state index in [4.69, 9.17) is 10.5 Å². The minimum absolute atomic E-state index is 0.496. The Hall–Kier alpha value is -1.26. The van der Waals surface area contributed by atoms with E-state index < -0.39 is 0 Å². The second-order valence-corrected chi connectivity index (χ2v) is 4.48. The highest BCUT2D eigenvalue weighted by atomic mass is 16.5. The molecular weight excluding hydrogens is 262 g/mol. The Kier molecular flexibility index (Phi) is 15.9. The number of piperazine rings is 1. The quantitative estimate of drug-likeness (QED) is 0.626. The second-order valence-electron chi connectivity index (χ2n) is 4.48. The highest BCUT2D eigenvalue weighted by Gasteiger charge is 2.14. The molecule has 1 rings (SSSR count). The fourth-order valence-electron chi connectivity index (χ4n) is 1.96. The van der Waals surface area contributed by atoms with Gasteiger partial charge in [-0.25, -0.2) is 0 Å². The summed E-state index contributed by atoms with van der Waals surface area (Å²) in [5, 5.41) is 0. The van der Waals surface area contributed by atoms with Crippen molar-refractivity contribution >= 4 is 0 Å². The summed E-state index contributed by atoms with van der Waals surface area (Å²) in [4.78, 5) is 4.80. The van der Waals surface area contributed by atoms with E-state index >= 15 is 0 Å². The Morgan fingerprint density at radius 1 is 1.14 bits per heavy atom. The van der Waals surface area contributed by atoms with Crippen molar-refractivity contribution in [3.05, 3.63) is 36.7 Å². The molecule has 0 radical (unpaired) electrons. The van der Waals surface area contributed by atoms with Crippen molar-refractivity contribution < 1.29 is 4.74 Å². The molecule has 0 bridgehead atoms. The van der Waals surface area contributed by atoms with Crippen molar-refractivity contribution in [3.63, 3.8) is 0 Å². The zero-order valence-corrected chi connectivity index (χ0v) is 14.7. The lowest BCUT2D eigenvalue weighted by Gasteiger charge is -2.35. The van der Waals surface area contributed by atoms with Crippen LogP contribution < -0.4 is 5.73 Å². The van der Waals surface area contributed by atoms with E-state index in [1.165, 1.54) is 5.70 Å². The number of hydrogen-bond acceptors (Lipinski definition) is 4. The molecule has 21 heavy (non-hydrogen) atoms. The first kappa shape index (κ1) is 22.0. The Labute approximate surface area is 131 Å². The minimum Gasteiger partial charge on any atom is -0.400 e. The average molecular weight is 297 g/mol. The number of likely N-dealkylation sites (N-methyl/N-ethyl adjacent to an activating group) is 1. The van der Waals surface area contributed by atoms with Crippen LogP contribution in [-0.4, -0.2) is 56.7 Å². The van der Waals surface area contributed by atoms with E-state index in [1.54, 1.807) is 7.11 Å². The number of allylic oxidation sites excluding steroid dienone is 3. The van der Waals surface area contributed by atoms with Gasteiger partial charge < -0.3 is 20.3 Å². The Balaban J connectivity index is 0. The molecule has 0 spiro atoms. The molecule has 0 amide bonds. The van der Waals surface area contributed by atoms with Gasteiger partial charge in [-0.3, -0.25) is 0 Å². The summed E-state index contributed by atoms with van der Waals surface area (Å²) in [5.74, 6) is 0. The fraction of sp³-hybridized carbons (Fsp3) is 0.647. The molecule has 0 aliphatic carbocycles.